The van der Waals surface area contributed by atoms with E-state index in [1.165, 1.54) is 0 Å². The fourth-order valence-electron chi connectivity index (χ4n) is 3.40. The summed E-state index contributed by atoms with van der Waals surface area (Å²) in [5.41, 5.74) is -4.24. The number of nitrogens with zero attached hydrogens (tertiary/aromatic N) is 2. The van der Waals surface area contributed by atoms with Gasteiger partial charge in [0.25, 0.3) is 5.91 Å². The molecule has 1 aliphatic rings. The van der Waals surface area contributed by atoms with Gasteiger partial charge in [-0.2, -0.15) is 26.3 Å². The molecule has 0 bridgehead atoms. The third kappa shape index (κ3) is 4.40. The monoisotopic (exact) mass is 497 g/mol. The molecule has 1 aromatic carbocycles. The van der Waals surface area contributed by atoms with Crippen LogP contribution in [0.5, 0.6) is 0 Å². The highest BCUT2D eigenvalue weighted by atomic mass is 19.4. The normalized spacial score (nSPS) is 24.3. The second-order valence-corrected chi connectivity index (χ2v) is 7.87. The van der Waals surface area contributed by atoms with Crippen molar-refractivity contribution < 1.29 is 50.6 Å². The average molecular weight is 497 g/mol. The molecule has 0 saturated heterocycles. The van der Waals surface area contributed by atoms with E-state index in [-0.39, 0.29) is 0 Å². The molecule has 0 aliphatic heterocycles. The summed E-state index contributed by atoms with van der Waals surface area (Å²) >= 11 is 0. The quantitative estimate of drug-likeness (QED) is 0.398. The Hall–Kier alpha value is -2.97. The minimum Gasteiger partial charge on any atom is -0.393 e. The van der Waals surface area contributed by atoms with Gasteiger partial charge < -0.3 is 26.4 Å². The number of anilines is 1. The Morgan fingerprint density at radius 2 is 1.94 bits per heavy atom. The first-order valence-corrected chi connectivity index (χ1v) is 9.51. The summed E-state index contributed by atoms with van der Waals surface area (Å²) in [6.07, 6.45) is -11.1. The first kappa shape index (κ1) is 21.6. The van der Waals surface area contributed by atoms with Crippen molar-refractivity contribution in [2.45, 2.75) is 49.3 Å². The predicted octanol–water partition coefficient (Wildman–Crippen LogP) is 1.96. The molecule has 0 spiro atoms. The van der Waals surface area contributed by atoms with Crippen LogP contribution in [0.15, 0.2) is 24.4 Å². The Kier molecular flexibility index (Phi) is 5.30. The fourth-order valence-corrected chi connectivity index (χ4v) is 3.40. The number of aliphatic hydroxyl groups is 3. The third-order valence-corrected chi connectivity index (χ3v) is 5.52. The number of aromatic nitrogens is 2. The van der Waals surface area contributed by atoms with E-state index in [4.69, 9.17) is 9.85 Å². The topological polar surface area (TPSA) is 142 Å². The van der Waals surface area contributed by atoms with Crippen LogP contribution in [0.1, 0.15) is 38.6 Å². The molecule has 8 nitrogen and oxygen atoms in total. The van der Waals surface area contributed by atoms with Gasteiger partial charge in [0.15, 0.2) is 17.1 Å². The Morgan fingerprint density at radius 3 is 2.47 bits per heavy atom. The molecule has 1 fully saturated rings. The molecular weight excluding hydrogens is 474 g/mol. The van der Waals surface area contributed by atoms with Crippen LogP contribution in [0.3, 0.4) is 0 Å². The summed E-state index contributed by atoms with van der Waals surface area (Å²) in [5.74, 6) is -1.66. The molecule has 6 N–H and O–H groups in total. The maximum absolute atomic E-state index is 13.5. The summed E-state index contributed by atoms with van der Waals surface area (Å²) in [6.45, 7) is -4.71. The molecular formula is C20H20F6N4O4. The number of aliphatic hydroxyl groups excluding tert-OH is 1. The third-order valence-electron chi connectivity index (χ3n) is 5.52. The highest BCUT2D eigenvalue weighted by molar-refractivity contribution is 5.97. The molecule has 1 aromatic heterocycles. The molecule has 1 saturated carbocycles. The highest BCUT2D eigenvalue weighted by Gasteiger charge is 2.61. The number of hydrogen-bond acceptors (Lipinski definition) is 7. The maximum atomic E-state index is 13.5. The van der Waals surface area contributed by atoms with Crippen molar-refractivity contribution >= 4 is 11.7 Å². The summed E-state index contributed by atoms with van der Waals surface area (Å²) < 4.78 is 102. The molecule has 1 amide bonds. The van der Waals surface area contributed by atoms with E-state index in [0.717, 1.165) is 12.3 Å². The largest absolute Gasteiger partial charge is 0.423 e. The second-order valence-electron chi connectivity index (χ2n) is 7.87. The van der Waals surface area contributed by atoms with E-state index in [2.05, 4.69) is 15.3 Å². The zero-order valence-corrected chi connectivity index (χ0v) is 17.0. The zero-order chi connectivity index (χ0) is 28.2. The number of nitrogens with two attached hydrogens (primary N) is 1. The highest BCUT2D eigenvalue weighted by Crippen LogP contribution is 2.45. The lowest BCUT2D eigenvalue weighted by Gasteiger charge is -2.44. The Balaban J connectivity index is 2.02. The predicted molar refractivity (Wildman–Crippen MR) is 105 cm³/mol. The number of benzene rings is 1. The molecule has 0 unspecified atom stereocenters. The first-order chi connectivity index (χ1) is 16.7. The van der Waals surface area contributed by atoms with Crippen molar-refractivity contribution in [3.63, 3.8) is 0 Å². The van der Waals surface area contributed by atoms with E-state index in [1.54, 1.807) is 0 Å². The van der Waals surface area contributed by atoms with Crippen LogP contribution >= 0.6 is 0 Å². The number of aryl methyl sites for hydroxylation is 1. The minimum absolute atomic E-state index is 0.463. The number of nitrogens with one attached hydrogen (secondary N) is 1. The second kappa shape index (κ2) is 8.36. The van der Waals surface area contributed by atoms with Gasteiger partial charge in [-0.3, -0.25) is 4.79 Å². The Bertz CT molecular complexity index is 1200. The van der Waals surface area contributed by atoms with Gasteiger partial charge in [-0.1, -0.05) is 12.1 Å². The molecule has 1 atom stereocenters. The first-order valence-electron chi connectivity index (χ1n) is 11.0. The fraction of sp³-hybridized carbons (Fsp3) is 0.450. The standard InChI is InChI=1S/C20H20F6N4O4/c1-9-2-3-10(18(34,8-31)20(24,25)26)4-12(9)13-7-28-15(27)14(30-13)16(32)29-11-5-17(33,6-11)19(21,22)23/h2-4,7,11,31,33-34H,5-6,8H2,1H3,(H2,27,28)(H,29,32)/t11?,17?,18-/m1/s1/i1D3. The van der Waals surface area contributed by atoms with E-state index in [1.807, 2.05) is 0 Å². The molecule has 1 heterocycles. The summed E-state index contributed by atoms with van der Waals surface area (Å²) in [5, 5.41) is 31.0. The number of alkyl halides is 6. The van der Waals surface area contributed by atoms with Crippen LogP contribution in [0.4, 0.5) is 32.2 Å². The van der Waals surface area contributed by atoms with E-state index in [0.29, 0.717) is 12.1 Å². The van der Waals surface area contributed by atoms with Gasteiger partial charge in [-0.05, 0) is 24.0 Å². The van der Waals surface area contributed by atoms with Crippen LogP contribution in [-0.4, -0.2) is 61.8 Å². The number of nitrogen functional groups attached to an aromatic ring is 1. The van der Waals surface area contributed by atoms with Gasteiger partial charge in [0.05, 0.1) is 18.5 Å². The van der Waals surface area contributed by atoms with Crippen LogP contribution < -0.4 is 11.1 Å². The van der Waals surface area contributed by atoms with E-state index in [9.17, 15) is 46.5 Å². The van der Waals surface area contributed by atoms with Crippen molar-refractivity contribution in [1.29, 1.82) is 0 Å². The zero-order valence-electron chi connectivity index (χ0n) is 20.0. The van der Waals surface area contributed by atoms with Crippen molar-refractivity contribution in [3.05, 3.63) is 41.2 Å². The Morgan fingerprint density at radius 1 is 1.29 bits per heavy atom. The van der Waals surface area contributed by atoms with Crippen LogP contribution in [0.2, 0.25) is 0 Å². The SMILES string of the molecule is [2H]C([2H])([2H])c1ccc([C@](O)(CO)C(F)(F)F)cc1-c1cnc(N)c(C(=O)NC2CC(O)(C(F)(F)F)C2)n1. The lowest BCUT2D eigenvalue weighted by molar-refractivity contribution is -0.291. The lowest BCUT2D eigenvalue weighted by Crippen LogP contribution is -2.62. The van der Waals surface area contributed by atoms with Gasteiger partial charge in [0, 0.05) is 28.6 Å². The molecule has 1 aliphatic carbocycles. The summed E-state index contributed by atoms with van der Waals surface area (Å²) in [6, 6.07) is 0.916. The maximum Gasteiger partial charge on any atom is 0.423 e. The van der Waals surface area contributed by atoms with Crippen LogP contribution in [0.25, 0.3) is 11.3 Å². The number of rotatable bonds is 5. The summed E-state index contributed by atoms with van der Waals surface area (Å²) in [7, 11) is 0. The molecule has 186 valence electrons. The number of carbonyl (C=O) groups is 1. The van der Waals surface area contributed by atoms with E-state index >= 15 is 0 Å². The number of carbonyl (C=O) groups excluding carboxylic acids is 1. The van der Waals surface area contributed by atoms with E-state index < -0.39 is 95.7 Å². The van der Waals surface area contributed by atoms with Crippen molar-refractivity contribution in [1.82, 2.24) is 15.3 Å². The lowest BCUT2D eigenvalue weighted by atomic mass is 9.75. The molecule has 2 aromatic rings. The van der Waals surface area contributed by atoms with Gasteiger partial charge in [-0.15, -0.1) is 0 Å². The average Bonchev–Trinajstić information content (AvgIpc) is 2.75. The van der Waals surface area contributed by atoms with Gasteiger partial charge in [-0.25, -0.2) is 9.97 Å². The van der Waals surface area contributed by atoms with Crippen molar-refractivity contribution in [2.24, 2.45) is 0 Å². The van der Waals surface area contributed by atoms with Crippen molar-refractivity contribution in [3.8, 4) is 11.3 Å². The number of hydrogen-bond donors (Lipinski definition) is 5. The smallest absolute Gasteiger partial charge is 0.393 e. The molecule has 0 radical (unpaired) electrons. The molecule has 14 heteroatoms. The minimum atomic E-state index is -5.36. The van der Waals surface area contributed by atoms with Crippen molar-refractivity contribution in [2.75, 3.05) is 12.3 Å². The Labute approximate surface area is 192 Å². The number of halogens is 6. The van der Waals surface area contributed by atoms with Crippen LogP contribution in [0, 0.1) is 6.85 Å². The van der Waals surface area contributed by atoms with Gasteiger partial charge >= 0.3 is 12.4 Å². The summed E-state index contributed by atoms with van der Waals surface area (Å²) in [4.78, 5) is 20.2. The van der Waals surface area contributed by atoms with Gasteiger partial charge in [0.1, 0.15) is 0 Å². The van der Waals surface area contributed by atoms with Gasteiger partial charge in [0.2, 0.25) is 5.60 Å². The molecule has 34 heavy (non-hydrogen) atoms. The molecule has 3 rings (SSSR count). The number of amides is 1. The van der Waals surface area contributed by atoms with Crippen LogP contribution in [-0.2, 0) is 5.60 Å².